The molecule has 0 aliphatic heterocycles. The summed E-state index contributed by atoms with van der Waals surface area (Å²) in [5.74, 6) is 0. The Hall–Kier alpha value is 1.05. The predicted octanol–water partition coefficient (Wildman–Crippen LogP) is 5.60. The van der Waals surface area contributed by atoms with Gasteiger partial charge < -0.3 is 20.8 Å². The summed E-state index contributed by atoms with van der Waals surface area (Å²) in [7, 11) is 0. The summed E-state index contributed by atoms with van der Waals surface area (Å²) in [4.78, 5) is 0. The standard InChI is InChI=1S/3C5H11.U/c3*1-5(2,3)4;/h3*1H2,2-4H3;/q3*-1;+3. The maximum absolute atomic E-state index is 3.77. The van der Waals surface area contributed by atoms with Gasteiger partial charge in [-0.2, -0.15) is 16.2 Å². The van der Waals surface area contributed by atoms with Crippen LogP contribution < -0.4 is 0 Å². The van der Waals surface area contributed by atoms with Gasteiger partial charge in [-0.15, -0.1) is 0 Å². The van der Waals surface area contributed by atoms with E-state index in [1.54, 1.807) is 0 Å². The van der Waals surface area contributed by atoms with Gasteiger partial charge in [-0.1, -0.05) is 62.3 Å². The molecule has 0 heterocycles. The summed E-state index contributed by atoms with van der Waals surface area (Å²) >= 11 is 0. The summed E-state index contributed by atoms with van der Waals surface area (Å²) in [5, 5.41) is 0. The zero-order valence-electron chi connectivity index (χ0n) is 13.1. The van der Waals surface area contributed by atoms with Gasteiger partial charge in [0.25, 0.3) is 0 Å². The third kappa shape index (κ3) is 2690. The summed E-state index contributed by atoms with van der Waals surface area (Å²) in [6.07, 6.45) is 0. The van der Waals surface area contributed by atoms with Crippen molar-refractivity contribution in [1.82, 2.24) is 0 Å². The quantitative estimate of drug-likeness (QED) is 0.421. The van der Waals surface area contributed by atoms with Crippen molar-refractivity contribution < 1.29 is 31.1 Å². The molecule has 0 aliphatic carbocycles. The number of hydrogen-bond donors (Lipinski definition) is 0. The van der Waals surface area contributed by atoms with Crippen LogP contribution in [0.3, 0.4) is 0 Å². The Morgan fingerprint density at radius 1 is 0.438 bits per heavy atom. The van der Waals surface area contributed by atoms with Gasteiger partial charge in [0.05, 0.1) is 0 Å². The van der Waals surface area contributed by atoms with E-state index in [2.05, 4.69) is 83.1 Å². The van der Waals surface area contributed by atoms with Crippen molar-refractivity contribution in [2.45, 2.75) is 62.3 Å². The van der Waals surface area contributed by atoms with Crippen molar-refractivity contribution >= 4 is 0 Å². The summed E-state index contributed by atoms with van der Waals surface area (Å²) < 4.78 is 0. The predicted molar refractivity (Wildman–Crippen MR) is 74.4 cm³/mol. The molecule has 0 N–H and O–H groups in total. The van der Waals surface area contributed by atoms with Gasteiger partial charge in [-0.05, 0) is 0 Å². The van der Waals surface area contributed by atoms with Crippen LogP contribution in [0.5, 0.6) is 0 Å². The van der Waals surface area contributed by atoms with Gasteiger partial charge in [-0.25, -0.2) is 0 Å². The Labute approximate surface area is 130 Å². The molecule has 0 saturated heterocycles. The van der Waals surface area contributed by atoms with Crippen LogP contribution in [0.25, 0.3) is 0 Å². The van der Waals surface area contributed by atoms with Gasteiger partial charge in [-0.3, -0.25) is 0 Å². The fourth-order valence-electron chi connectivity index (χ4n) is 0. The molecular formula is C15H33U. The van der Waals surface area contributed by atoms with E-state index < -0.39 is 0 Å². The summed E-state index contributed by atoms with van der Waals surface area (Å²) in [6, 6.07) is 0. The third-order valence-corrected chi connectivity index (χ3v) is 0. The van der Waals surface area contributed by atoms with Crippen LogP contribution in [0.2, 0.25) is 0 Å². The van der Waals surface area contributed by atoms with Crippen molar-refractivity contribution in [3.63, 3.8) is 0 Å². The minimum absolute atomic E-state index is 0. The van der Waals surface area contributed by atoms with Gasteiger partial charge in [0, 0.05) is 0 Å². The number of rotatable bonds is 0. The van der Waals surface area contributed by atoms with Crippen LogP contribution in [0.15, 0.2) is 0 Å². The van der Waals surface area contributed by atoms with Crippen LogP contribution in [-0.2, 0) is 0 Å². The molecule has 16 heavy (non-hydrogen) atoms. The minimum atomic E-state index is 0. The zero-order valence-corrected chi connectivity index (χ0v) is 17.3. The van der Waals surface area contributed by atoms with E-state index in [9.17, 15) is 0 Å². The van der Waals surface area contributed by atoms with Crippen molar-refractivity contribution in [3.05, 3.63) is 20.8 Å². The van der Waals surface area contributed by atoms with Gasteiger partial charge in [0.2, 0.25) is 0 Å². The molecule has 97 valence electrons. The molecule has 0 bridgehead atoms. The molecule has 0 aromatic rings. The Morgan fingerprint density at radius 3 is 0.438 bits per heavy atom. The topological polar surface area (TPSA) is 0 Å². The minimum Gasteiger partial charge on any atom is -0.338 e. The van der Waals surface area contributed by atoms with E-state index in [1.807, 2.05) is 0 Å². The Kier molecular flexibility index (Phi) is 16.2. The first-order valence-corrected chi connectivity index (χ1v) is 5.56. The van der Waals surface area contributed by atoms with E-state index >= 15 is 0 Å². The summed E-state index contributed by atoms with van der Waals surface area (Å²) in [5.41, 5.74) is 0.750. The molecular weight excluding hydrogens is 418 g/mol. The van der Waals surface area contributed by atoms with Crippen LogP contribution in [0.4, 0.5) is 0 Å². The maximum Gasteiger partial charge on any atom is 3.00 e. The van der Waals surface area contributed by atoms with Crippen molar-refractivity contribution in [2.75, 3.05) is 0 Å². The fourth-order valence-corrected chi connectivity index (χ4v) is 0. The second kappa shape index (κ2) is 10.0. The van der Waals surface area contributed by atoms with Gasteiger partial charge in [0.1, 0.15) is 0 Å². The van der Waals surface area contributed by atoms with E-state index in [0.717, 1.165) is 0 Å². The molecule has 0 fully saturated rings. The first-order chi connectivity index (χ1) is 6.00. The van der Waals surface area contributed by atoms with E-state index in [-0.39, 0.29) is 47.4 Å². The summed E-state index contributed by atoms with van der Waals surface area (Å²) in [6.45, 7) is 30.0. The molecule has 0 aliphatic rings. The Bertz CT molecular complexity index is 80.5. The van der Waals surface area contributed by atoms with Crippen LogP contribution in [0, 0.1) is 68.1 Å². The normalized spacial score (nSPS) is 11.2. The first-order valence-electron chi connectivity index (χ1n) is 5.56. The largest absolute Gasteiger partial charge is 3.00 e. The third-order valence-electron chi connectivity index (χ3n) is 0. The van der Waals surface area contributed by atoms with Crippen LogP contribution in [-0.4, -0.2) is 0 Å². The molecule has 1 radical (unpaired) electrons. The van der Waals surface area contributed by atoms with Crippen molar-refractivity contribution in [2.24, 2.45) is 16.2 Å². The molecule has 0 rings (SSSR count). The Morgan fingerprint density at radius 2 is 0.438 bits per heavy atom. The fraction of sp³-hybridized carbons (Fsp3) is 0.800. The molecule has 0 nitrogen and oxygen atoms in total. The monoisotopic (exact) mass is 451 g/mol. The molecule has 0 amide bonds. The second-order valence-corrected chi connectivity index (χ2v) is 7.68. The number of hydrogen-bond acceptors (Lipinski definition) is 0. The Balaban J connectivity index is -0.0000000655. The van der Waals surface area contributed by atoms with E-state index in [1.165, 1.54) is 0 Å². The van der Waals surface area contributed by atoms with Crippen molar-refractivity contribution in [1.29, 1.82) is 0 Å². The average molecular weight is 451 g/mol. The van der Waals surface area contributed by atoms with Crippen LogP contribution >= 0.6 is 0 Å². The molecule has 0 unspecified atom stereocenters. The van der Waals surface area contributed by atoms with E-state index in [4.69, 9.17) is 0 Å². The average Bonchev–Trinajstić information content (AvgIpc) is 1.41. The van der Waals surface area contributed by atoms with Crippen molar-refractivity contribution in [3.8, 4) is 0 Å². The first kappa shape index (κ1) is 25.8. The van der Waals surface area contributed by atoms with Gasteiger partial charge in [0.15, 0.2) is 0 Å². The SMILES string of the molecule is [CH2-]C(C)(C)C.[CH2-]C(C)(C)C.[CH2-]C(C)(C)C.[U+3]. The smallest absolute Gasteiger partial charge is 0.338 e. The van der Waals surface area contributed by atoms with Crippen LogP contribution in [0.1, 0.15) is 62.3 Å². The molecule has 0 saturated carbocycles. The molecule has 0 aromatic carbocycles. The second-order valence-electron chi connectivity index (χ2n) is 7.68. The maximum atomic E-state index is 3.77. The molecule has 0 atom stereocenters. The van der Waals surface area contributed by atoms with E-state index in [0.29, 0.717) is 0 Å². The zero-order chi connectivity index (χ0) is 13.5. The molecule has 0 aromatic heterocycles. The molecule has 1 heteroatoms. The van der Waals surface area contributed by atoms with Gasteiger partial charge >= 0.3 is 31.1 Å². The molecule has 0 spiro atoms.